The molecule has 0 aliphatic rings. The van der Waals surface area contributed by atoms with Crippen molar-refractivity contribution in [1.29, 1.82) is 0 Å². The molecule has 0 spiro atoms. The summed E-state index contributed by atoms with van der Waals surface area (Å²) in [7, 11) is 1.97. The number of aromatic nitrogens is 2. The first kappa shape index (κ1) is 11.2. The minimum absolute atomic E-state index is 0.172. The molecule has 1 aromatic rings. The van der Waals surface area contributed by atoms with Crippen molar-refractivity contribution in [3.63, 3.8) is 0 Å². The predicted octanol–water partition coefficient (Wildman–Crippen LogP) is 1.36. The van der Waals surface area contributed by atoms with Gasteiger partial charge in [0.15, 0.2) is 0 Å². The first-order chi connectivity index (χ1) is 6.72. The molecule has 14 heavy (non-hydrogen) atoms. The molecule has 80 valence electrons. The third kappa shape index (κ3) is 2.33. The second-order valence-corrected chi connectivity index (χ2v) is 3.68. The summed E-state index contributed by atoms with van der Waals surface area (Å²) < 4.78 is 1.95. The summed E-state index contributed by atoms with van der Waals surface area (Å²) >= 11 is 0. The van der Waals surface area contributed by atoms with Crippen LogP contribution in [0.25, 0.3) is 0 Å². The van der Waals surface area contributed by atoms with Crippen molar-refractivity contribution in [2.24, 2.45) is 18.8 Å². The van der Waals surface area contributed by atoms with Crippen LogP contribution in [-0.2, 0) is 7.05 Å². The minimum atomic E-state index is 0.172. The summed E-state index contributed by atoms with van der Waals surface area (Å²) in [6, 6.07) is 0.172. The fourth-order valence-electron chi connectivity index (χ4n) is 1.82. The summed E-state index contributed by atoms with van der Waals surface area (Å²) in [6.07, 6.45) is 6.05. The van der Waals surface area contributed by atoms with Crippen LogP contribution in [0.4, 0.5) is 0 Å². The topological polar surface area (TPSA) is 55.9 Å². The molecule has 0 aromatic carbocycles. The Morgan fingerprint density at radius 3 is 2.50 bits per heavy atom. The SMILES string of the molecule is CCC(CC)C(NN)c1cn(C)cn1. The molecule has 0 radical (unpaired) electrons. The number of hydrogen-bond donors (Lipinski definition) is 2. The molecule has 1 rings (SSSR count). The highest BCUT2D eigenvalue weighted by atomic mass is 15.2. The third-order valence-corrected chi connectivity index (χ3v) is 2.74. The normalized spacial score (nSPS) is 13.5. The highest BCUT2D eigenvalue weighted by molar-refractivity contribution is 5.04. The molecule has 0 fully saturated rings. The maximum atomic E-state index is 5.57. The average molecular weight is 196 g/mol. The summed E-state index contributed by atoms with van der Waals surface area (Å²) in [5, 5.41) is 0. The second kappa shape index (κ2) is 5.12. The lowest BCUT2D eigenvalue weighted by atomic mass is 9.93. The first-order valence-electron chi connectivity index (χ1n) is 5.16. The van der Waals surface area contributed by atoms with E-state index in [9.17, 15) is 0 Å². The number of nitrogens with one attached hydrogen (secondary N) is 1. The van der Waals surface area contributed by atoms with Gasteiger partial charge in [-0.2, -0.15) is 0 Å². The quantitative estimate of drug-likeness (QED) is 0.552. The molecule has 1 unspecified atom stereocenters. The number of rotatable bonds is 5. The van der Waals surface area contributed by atoms with Crippen molar-refractivity contribution in [3.8, 4) is 0 Å². The molecular weight excluding hydrogens is 176 g/mol. The standard InChI is InChI=1S/C10H20N4/c1-4-8(5-2)10(13-11)9-6-14(3)7-12-9/h6-8,10,13H,4-5,11H2,1-3H3. The summed E-state index contributed by atoms with van der Waals surface area (Å²) in [5.74, 6) is 6.12. The molecule has 1 heterocycles. The Hall–Kier alpha value is -0.870. The number of hydrogen-bond acceptors (Lipinski definition) is 3. The van der Waals surface area contributed by atoms with Gasteiger partial charge in [0.05, 0.1) is 18.1 Å². The lowest BCUT2D eigenvalue weighted by Gasteiger charge is -2.22. The lowest BCUT2D eigenvalue weighted by molar-refractivity contribution is 0.340. The van der Waals surface area contributed by atoms with Crippen LogP contribution in [0.15, 0.2) is 12.5 Å². The zero-order chi connectivity index (χ0) is 10.6. The number of hydrazine groups is 1. The Kier molecular flexibility index (Phi) is 4.10. The van der Waals surface area contributed by atoms with E-state index in [1.807, 2.05) is 24.1 Å². The predicted molar refractivity (Wildman–Crippen MR) is 57.3 cm³/mol. The maximum absolute atomic E-state index is 5.57. The van der Waals surface area contributed by atoms with E-state index < -0.39 is 0 Å². The van der Waals surface area contributed by atoms with Crippen molar-refractivity contribution in [3.05, 3.63) is 18.2 Å². The Labute approximate surface area is 85.5 Å². The largest absolute Gasteiger partial charge is 0.340 e. The van der Waals surface area contributed by atoms with E-state index >= 15 is 0 Å². The molecule has 0 aliphatic heterocycles. The highest BCUT2D eigenvalue weighted by Gasteiger charge is 2.20. The molecule has 0 aliphatic carbocycles. The summed E-state index contributed by atoms with van der Waals surface area (Å²) in [5.41, 5.74) is 3.89. The first-order valence-corrected chi connectivity index (χ1v) is 5.16. The van der Waals surface area contributed by atoms with E-state index in [2.05, 4.69) is 24.3 Å². The van der Waals surface area contributed by atoms with Gasteiger partial charge in [0.1, 0.15) is 0 Å². The molecule has 1 atom stereocenters. The van der Waals surface area contributed by atoms with Crippen molar-refractivity contribution in [1.82, 2.24) is 15.0 Å². The van der Waals surface area contributed by atoms with Crippen LogP contribution < -0.4 is 11.3 Å². The Morgan fingerprint density at radius 2 is 2.14 bits per heavy atom. The van der Waals surface area contributed by atoms with Gasteiger partial charge < -0.3 is 4.57 Å². The molecule has 4 nitrogen and oxygen atoms in total. The fraction of sp³-hybridized carbons (Fsp3) is 0.700. The molecule has 0 saturated carbocycles. The van der Waals surface area contributed by atoms with Crippen LogP contribution in [0.3, 0.4) is 0 Å². The van der Waals surface area contributed by atoms with Crippen LogP contribution in [-0.4, -0.2) is 9.55 Å². The number of nitrogens with two attached hydrogens (primary N) is 1. The van der Waals surface area contributed by atoms with Crippen LogP contribution in [0.5, 0.6) is 0 Å². The fourth-order valence-corrected chi connectivity index (χ4v) is 1.82. The number of aryl methyl sites for hydroxylation is 1. The van der Waals surface area contributed by atoms with Crippen LogP contribution in [0.2, 0.25) is 0 Å². The van der Waals surface area contributed by atoms with E-state index in [1.54, 1.807) is 0 Å². The monoisotopic (exact) mass is 196 g/mol. The van der Waals surface area contributed by atoms with Gasteiger partial charge in [-0.05, 0) is 5.92 Å². The number of nitrogens with zero attached hydrogens (tertiary/aromatic N) is 2. The van der Waals surface area contributed by atoms with Crippen LogP contribution in [0, 0.1) is 5.92 Å². The van der Waals surface area contributed by atoms with Gasteiger partial charge in [0.2, 0.25) is 0 Å². The van der Waals surface area contributed by atoms with E-state index in [1.165, 1.54) is 0 Å². The Balaban J connectivity index is 2.80. The highest BCUT2D eigenvalue weighted by Crippen LogP contribution is 2.24. The number of imidazole rings is 1. The van der Waals surface area contributed by atoms with E-state index in [-0.39, 0.29) is 6.04 Å². The minimum Gasteiger partial charge on any atom is -0.340 e. The third-order valence-electron chi connectivity index (χ3n) is 2.74. The zero-order valence-electron chi connectivity index (χ0n) is 9.20. The van der Waals surface area contributed by atoms with Gasteiger partial charge in [-0.3, -0.25) is 11.3 Å². The van der Waals surface area contributed by atoms with Crippen LogP contribution >= 0.6 is 0 Å². The Bertz CT molecular complexity index is 265. The van der Waals surface area contributed by atoms with E-state index in [0.29, 0.717) is 5.92 Å². The molecule has 3 N–H and O–H groups in total. The van der Waals surface area contributed by atoms with Gasteiger partial charge in [-0.15, -0.1) is 0 Å². The van der Waals surface area contributed by atoms with Crippen molar-refractivity contribution in [2.45, 2.75) is 32.7 Å². The van der Waals surface area contributed by atoms with Gasteiger partial charge in [-0.25, -0.2) is 4.98 Å². The molecule has 1 aromatic heterocycles. The molecule has 0 amide bonds. The van der Waals surface area contributed by atoms with Gasteiger partial charge >= 0.3 is 0 Å². The molecule has 0 saturated heterocycles. The maximum Gasteiger partial charge on any atom is 0.0947 e. The van der Waals surface area contributed by atoms with E-state index in [4.69, 9.17) is 5.84 Å². The molecule has 4 heteroatoms. The zero-order valence-corrected chi connectivity index (χ0v) is 9.20. The van der Waals surface area contributed by atoms with Crippen molar-refractivity contribution < 1.29 is 0 Å². The van der Waals surface area contributed by atoms with Gasteiger partial charge in [0, 0.05) is 13.2 Å². The lowest BCUT2D eigenvalue weighted by Crippen LogP contribution is -2.33. The average Bonchev–Trinajstić information content (AvgIpc) is 2.60. The van der Waals surface area contributed by atoms with E-state index in [0.717, 1.165) is 18.5 Å². The smallest absolute Gasteiger partial charge is 0.0947 e. The Morgan fingerprint density at radius 1 is 1.50 bits per heavy atom. The van der Waals surface area contributed by atoms with Gasteiger partial charge in [0.25, 0.3) is 0 Å². The molecular formula is C10H20N4. The van der Waals surface area contributed by atoms with Crippen molar-refractivity contribution in [2.75, 3.05) is 0 Å². The summed E-state index contributed by atoms with van der Waals surface area (Å²) in [6.45, 7) is 4.36. The van der Waals surface area contributed by atoms with Crippen molar-refractivity contribution >= 4 is 0 Å². The van der Waals surface area contributed by atoms with Crippen LogP contribution in [0.1, 0.15) is 38.4 Å². The molecule has 0 bridgehead atoms. The second-order valence-electron chi connectivity index (χ2n) is 3.68. The van der Waals surface area contributed by atoms with Gasteiger partial charge in [-0.1, -0.05) is 26.7 Å². The summed E-state index contributed by atoms with van der Waals surface area (Å²) in [4.78, 5) is 4.32.